The van der Waals surface area contributed by atoms with Gasteiger partial charge in [-0.3, -0.25) is 10.1 Å². The molecule has 0 saturated heterocycles. The second kappa shape index (κ2) is 3.35. The van der Waals surface area contributed by atoms with Gasteiger partial charge in [-0.05, 0) is 45.2 Å². The molecule has 0 radical (unpaired) electrons. The third-order valence-corrected chi connectivity index (χ3v) is 1.11. The predicted octanol–water partition coefficient (Wildman–Crippen LogP) is 2.03. The largest absolute Gasteiger partial charge is 0.264 e. The lowest BCUT2D eigenvalue weighted by atomic mass is 10.8. The summed E-state index contributed by atoms with van der Waals surface area (Å²) < 4.78 is -0.765. The summed E-state index contributed by atoms with van der Waals surface area (Å²) in [5, 5.41) is 9.73. The fourth-order valence-electron chi connectivity index (χ4n) is 0.146. The van der Waals surface area contributed by atoms with Gasteiger partial charge in [0, 0.05) is 4.92 Å². The first-order chi connectivity index (χ1) is 3.42. The van der Waals surface area contributed by atoms with Gasteiger partial charge >= 0.3 is 0 Å². The zero-order valence-electron chi connectivity index (χ0n) is 3.60. The van der Waals surface area contributed by atoms with E-state index in [0.29, 0.717) is 0 Å². The standard InChI is InChI=1S/C2H2ClI2NO2/c3-2(4,5)1-6(7)8/h1H2. The minimum Gasteiger partial charge on any atom is -0.264 e. The molecule has 0 aromatic rings. The molecule has 8 heavy (non-hydrogen) atoms. The van der Waals surface area contributed by atoms with Crippen LogP contribution in [0.3, 0.4) is 0 Å². The van der Waals surface area contributed by atoms with Gasteiger partial charge in [0.05, 0.1) is 0 Å². The maximum absolute atomic E-state index is 9.73. The Bertz CT molecular complexity index is 101. The first-order valence-electron chi connectivity index (χ1n) is 1.60. The number of hydrogen-bond donors (Lipinski definition) is 0. The van der Waals surface area contributed by atoms with Gasteiger partial charge in [0.1, 0.15) is 0 Å². The van der Waals surface area contributed by atoms with Crippen molar-refractivity contribution < 1.29 is 4.92 Å². The summed E-state index contributed by atoms with van der Waals surface area (Å²) >= 11 is 9.06. The van der Waals surface area contributed by atoms with Crippen LogP contribution < -0.4 is 0 Å². The fourth-order valence-corrected chi connectivity index (χ4v) is 0.801. The number of halogens is 3. The van der Waals surface area contributed by atoms with Gasteiger partial charge in [-0.2, -0.15) is 0 Å². The quantitative estimate of drug-likeness (QED) is 0.327. The molecule has 0 bridgehead atoms. The first kappa shape index (κ1) is 9.15. The second-order valence-electron chi connectivity index (χ2n) is 1.11. The van der Waals surface area contributed by atoms with Crippen LogP contribution in [0.2, 0.25) is 0 Å². The van der Waals surface area contributed by atoms with Crippen molar-refractivity contribution in [3.05, 3.63) is 10.1 Å². The van der Waals surface area contributed by atoms with Crippen molar-refractivity contribution in [2.45, 2.75) is 0.888 Å². The molecule has 0 heterocycles. The van der Waals surface area contributed by atoms with E-state index in [1.807, 2.05) is 0 Å². The molecule has 0 amide bonds. The van der Waals surface area contributed by atoms with Crippen LogP contribution in [0.25, 0.3) is 0 Å². The van der Waals surface area contributed by atoms with Crippen LogP contribution in [0.4, 0.5) is 0 Å². The summed E-state index contributed by atoms with van der Waals surface area (Å²) in [5.74, 6) is 0. The van der Waals surface area contributed by atoms with Crippen molar-refractivity contribution in [1.82, 2.24) is 0 Å². The number of hydrogen-bond acceptors (Lipinski definition) is 2. The van der Waals surface area contributed by atoms with Crippen LogP contribution in [0.15, 0.2) is 0 Å². The van der Waals surface area contributed by atoms with Crippen molar-refractivity contribution in [3.8, 4) is 0 Å². The van der Waals surface area contributed by atoms with Crippen LogP contribution >= 0.6 is 56.8 Å². The van der Waals surface area contributed by atoms with E-state index < -0.39 is 5.81 Å². The Morgan fingerprint density at radius 1 is 1.75 bits per heavy atom. The van der Waals surface area contributed by atoms with E-state index >= 15 is 0 Å². The topological polar surface area (TPSA) is 43.1 Å². The third-order valence-electron chi connectivity index (χ3n) is 0.308. The van der Waals surface area contributed by atoms with Gasteiger partial charge in [0.25, 0.3) is 0 Å². The molecule has 0 aromatic heterocycles. The van der Waals surface area contributed by atoms with Gasteiger partial charge in [-0.15, -0.1) is 0 Å². The summed E-state index contributed by atoms with van der Waals surface area (Å²) in [6, 6.07) is 0. The Balaban J connectivity index is 3.55. The molecule has 0 atom stereocenters. The number of rotatable bonds is 2. The molecule has 3 nitrogen and oxygen atoms in total. The normalized spacial score (nSPS) is 11.4. The molecule has 0 aromatic carbocycles. The highest BCUT2D eigenvalue weighted by Crippen LogP contribution is 2.31. The first-order valence-corrected chi connectivity index (χ1v) is 4.14. The summed E-state index contributed by atoms with van der Waals surface area (Å²) in [6.45, 7) is -0.213. The van der Waals surface area contributed by atoms with E-state index in [1.54, 1.807) is 45.2 Å². The van der Waals surface area contributed by atoms with Crippen molar-refractivity contribution >= 4 is 56.8 Å². The van der Waals surface area contributed by atoms with E-state index in [1.165, 1.54) is 0 Å². The minimum absolute atomic E-state index is 0.213. The molecule has 0 rings (SSSR count). The summed E-state index contributed by atoms with van der Waals surface area (Å²) in [7, 11) is 0. The molecule has 0 N–H and O–H groups in total. The van der Waals surface area contributed by atoms with Gasteiger partial charge in [0.2, 0.25) is 7.43 Å². The molecule has 0 saturated carbocycles. The van der Waals surface area contributed by atoms with Crippen LogP contribution in [0.1, 0.15) is 0 Å². The molecule has 0 aliphatic heterocycles. The number of alkyl halides is 3. The molecule has 0 spiro atoms. The van der Waals surface area contributed by atoms with E-state index in [2.05, 4.69) is 0 Å². The lowest BCUT2D eigenvalue weighted by Crippen LogP contribution is -2.15. The maximum atomic E-state index is 9.73. The van der Waals surface area contributed by atoms with Gasteiger partial charge in [0.15, 0.2) is 0 Å². The summed E-state index contributed by atoms with van der Waals surface area (Å²) in [6.07, 6.45) is 0. The molecular formula is C2H2ClI2NO2. The molecule has 0 fully saturated rings. The molecule has 48 valence electrons. The number of nitro groups is 1. The van der Waals surface area contributed by atoms with Crippen molar-refractivity contribution in [1.29, 1.82) is 0 Å². The lowest BCUT2D eigenvalue weighted by Gasteiger charge is -2.02. The fraction of sp³-hybridized carbons (Fsp3) is 1.00. The smallest absolute Gasteiger partial charge is 0.240 e. The third kappa shape index (κ3) is 7.15. The summed E-state index contributed by atoms with van der Waals surface area (Å²) in [4.78, 5) is 9.29. The highest BCUT2D eigenvalue weighted by Gasteiger charge is 2.24. The highest BCUT2D eigenvalue weighted by atomic mass is 127. The molecule has 0 aliphatic rings. The maximum Gasteiger partial charge on any atom is 0.240 e. The Morgan fingerprint density at radius 3 is 2.12 bits per heavy atom. The van der Waals surface area contributed by atoms with E-state index in [4.69, 9.17) is 11.6 Å². The van der Waals surface area contributed by atoms with Gasteiger partial charge < -0.3 is 0 Å². The average Bonchev–Trinajstić information content (AvgIpc) is 1.21. The Morgan fingerprint density at radius 2 is 2.12 bits per heavy atom. The summed E-state index contributed by atoms with van der Waals surface area (Å²) in [5.41, 5.74) is 0. The molecule has 6 heteroatoms. The van der Waals surface area contributed by atoms with E-state index in [-0.39, 0.29) is 6.54 Å². The van der Waals surface area contributed by atoms with Crippen LogP contribution in [-0.2, 0) is 0 Å². The van der Waals surface area contributed by atoms with Gasteiger partial charge in [-0.25, -0.2) is 0 Å². The SMILES string of the molecule is O=[N+]([O-])CC(Cl)(I)I. The van der Waals surface area contributed by atoms with Crippen molar-refractivity contribution in [3.63, 3.8) is 0 Å². The average molecular weight is 361 g/mol. The van der Waals surface area contributed by atoms with Crippen molar-refractivity contribution in [2.75, 3.05) is 6.54 Å². The van der Waals surface area contributed by atoms with Crippen LogP contribution in [0, 0.1) is 10.1 Å². The Kier molecular flexibility index (Phi) is 3.83. The van der Waals surface area contributed by atoms with Gasteiger partial charge in [-0.1, -0.05) is 11.6 Å². The monoisotopic (exact) mass is 361 g/mol. The van der Waals surface area contributed by atoms with E-state index in [9.17, 15) is 10.1 Å². The second-order valence-corrected chi connectivity index (χ2v) is 8.77. The zero-order chi connectivity index (χ0) is 6.78. The van der Waals surface area contributed by atoms with E-state index in [0.717, 1.165) is 0 Å². The lowest BCUT2D eigenvalue weighted by molar-refractivity contribution is -0.476. The molecular weight excluding hydrogens is 359 g/mol. The highest BCUT2D eigenvalue weighted by molar-refractivity contribution is 14.2. The Hall–Kier alpha value is 1.15. The van der Waals surface area contributed by atoms with Crippen LogP contribution in [0.5, 0.6) is 0 Å². The van der Waals surface area contributed by atoms with Crippen molar-refractivity contribution in [2.24, 2.45) is 0 Å². The molecule has 0 aliphatic carbocycles. The minimum atomic E-state index is -0.765. The predicted molar refractivity (Wildman–Crippen MR) is 48.5 cm³/mol. The number of nitrogens with zero attached hydrogens (tertiary/aromatic N) is 1. The Labute approximate surface area is 78.6 Å². The zero-order valence-corrected chi connectivity index (χ0v) is 8.68. The molecule has 0 unspecified atom stereocenters. The van der Waals surface area contributed by atoms with Crippen LogP contribution in [-0.4, -0.2) is 12.4 Å².